The summed E-state index contributed by atoms with van der Waals surface area (Å²) in [5.41, 5.74) is 8.76. The minimum Gasteiger partial charge on any atom is -0.456 e. The van der Waals surface area contributed by atoms with Crippen molar-refractivity contribution in [1.29, 1.82) is 0 Å². The van der Waals surface area contributed by atoms with Crippen molar-refractivity contribution in [2.45, 2.75) is 0 Å². The third kappa shape index (κ3) is 4.85. The average Bonchev–Trinajstić information content (AvgIpc) is 3.48. The van der Waals surface area contributed by atoms with E-state index in [9.17, 15) is 0 Å². The Morgan fingerprint density at radius 2 is 1.07 bits per heavy atom. The van der Waals surface area contributed by atoms with Crippen LogP contribution in [0, 0.1) is 0 Å². The molecule has 0 saturated heterocycles. The second kappa shape index (κ2) is 11.0. The van der Waals surface area contributed by atoms with Gasteiger partial charge in [0.15, 0.2) is 17.5 Å². The molecule has 0 bridgehead atoms. The highest BCUT2D eigenvalue weighted by Gasteiger charge is 2.18. The van der Waals surface area contributed by atoms with Gasteiger partial charge in [0.1, 0.15) is 11.2 Å². The molecule has 5 nitrogen and oxygen atoms in total. The number of hydrogen-bond acceptors (Lipinski definition) is 5. The highest BCUT2D eigenvalue weighted by atomic mass is 79.9. The molecule has 44 heavy (non-hydrogen) atoms. The number of nitrogens with zero attached hydrogens (tertiary/aromatic N) is 4. The Hall–Kier alpha value is -5.46. The predicted molar refractivity (Wildman–Crippen MR) is 180 cm³/mol. The van der Waals surface area contributed by atoms with Crippen molar-refractivity contribution in [2.75, 3.05) is 0 Å². The van der Waals surface area contributed by atoms with Gasteiger partial charge in [-0.15, -0.1) is 0 Å². The molecule has 0 atom stereocenters. The van der Waals surface area contributed by atoms with Gasteiger partial charge in [0.2, 0.25) is 0 Å². The van der Waals surface area contributed by atoms with E-state index < -0.39 is 0 Å². The van der Waals surface area contributed by atoms with E-state index in [1.807, 2.05) is 85.2 Å². The summed E-state index contributed by atoms with van der Waals surface area (Å²) in [6, 6.07) is 43.0. The zero-order valence-electron chi connectivity index (χ0n) is 23.4. The van der Waals surface area contributed by atoms with Gasteiger partial charge in [-0.1, -0.05) is 101 Å². The smallest absolute Gasteiger partial charge is 0.164 e. The molecule has 0 aliphatic rings. The van der Waals surface area contributed by atoms with Gasteiger partial charge in [-0.25, -0.2) is 15.0 Å². The number of halogens is 1. The average molecular weight is 632 g/mol. The fraction of sp³-hybridized carbons (Fsp3) is 0. The first-order chi connectivity index (χ1) is 21.7. The number of rotatable bonds is 5. The van der Waals surface area contributed by atoms with Crippen molar-refractivity contribution in [3.63, 3.8) is 0 Å². The molecule has 3 aromatic heterocycles. The minimum absolute atomic E-state index is 0.592. The first-order valence-electron chi connectivity index (χ1n) is 14.2. The number of para-hydroxylation sites is 1. The van der Waals surface area contributed by atoms with Crippen LogP contribution >= 0.6 is 15.9 Å². The fourth-order valence-electron chi connectivity index (χ4n) is 5.59. The van der Waals surface area contributed by atoms with Crippen molar-refractivity contribution in [3.05, 3.63) is 144 Å². The van der Waals surface area contributed by atoms with Gasteiger partial charge < -0.3 is 4.42 Å². The van der Waals surface area contributed by atoms with Crippen LogP contribution in [0.5, 0.6) is 0 Å². The van der Waals surface area contributed by atoms with Gasteiger partial charge in [0.05, 0.1) is 0 Å². The van der Waals surface area contributed by atoms with Crippen LogP contribution < -0.4 is 0 Å². The van der Waals surface area contributed by atoms with E-state index in [1.165, 1.54) is 0 Å². The maximum atomic E-state index is 6.18. The molecule has 3 heterocycles. The van der Waals surface area contributed by atoms with Crippen molar-refractivity contribution in [3.8, 4) is 56.4 Å². The lowest BCUT2D eigenvalue weighted by Gasteiger charge is -2.11. The number of furan rings is 1. The molecule has 0 aliphatic carbocycles. The molecule has 8 rings (SSSR count). The molecule has 0 amide bonds. The van der Waals surface area contributed by atoms with E-state index in [0.29, 0.717) is 17.5 Å². The zero-order valence-corrected chi connectivity index (χ0v) is 24.9. The fourth-order valence-corrected chi connectivity index (χ4v) is 6.08. The normalized spacial score (nSPS) is 11.3. The molecule has 208 valence electrons. The van der Waals surface area contributed by atoms with Crippen LogP contribution in [0.25, 0.3) is 78.4 Å². The Bertz CT molecular complexity index is 2280. The summed E-state index contributed by atoms with van der Waals surface area (Å²) in [6.07, 6.45) is 3.62. The molecule has 0 spiro atoms. The Balaban J connectivity index is 1.29. The molecule has 0 saturated carbocycles. The van der Waals surface area contributed by atoms with Gasteiger partial charge in [0, 0.05) is 44.3 Å². The van der Waals surface area contributed by atoms with Crippen LogP contribution in [0.1, 0.15) is 0 Å². The summed E-state index contributed by atoms with van der Waals surface area (Å²) in [4.78, 5) is 19.2. The van der Waals surface area contributed by atoms with Crippen molar-refractivity contribution in [1.82, 2.24) is 19.9 Å². The highest BCUT2D eigenvalue weighted by molar-refractivity contribution is 9.10. The van der Waals surface area contributed by atoms with E-state index in [-0.39, 0.29) is 0 Å². The van der Waals surface area contributed by atoms with E-state index in [2.05, 4.69) is 75.5 Å². The van der Waals surface area contributed by atoms with Gasteiger partial charge >= 0.3 is 0 Å². The Morgan fingerprint density at radius 3 is 1.86 bits per heavy atom. The minimum atomic E-state index is 0.592. The molecule has 5 aromatic carbocycles. The highest BCUT2D eigenvalue weighted by Crippen LogP contribution is 2.37. The number of hydrogen-bond donors (Lipinski definition) is 0. The summed E-state index contributed by atoms with van der Waals surface area (Å²) in [6.45, 7) is 0. The SMILES string of the molecule is Brc1cc(-c2ccc(-c3ccncc3)cc2)cc(-c2nc(-c3ccccc3)nc(-c3cccc4oc5ccccc5c34)n2)c1. The largest absolute Gasteiger partial charge is 0.456 e. The van der Waals surface area contributed by atoms with E-state index in [1.54, 1.807) is 0 Å². The van der Waals surface area contributed by atoms with Gasteiger partial charge in [0.25, 0.3) is 0 Å². The van der Waals surface area contributed by atoms with Crippen molar-refractivity contribution >= 4 is 37.9 Å². The van der Waals surface area contributed by atoms with Crippen LogP contribution in [-0.2, 0) is 0 Å². The van der Waals surface area contributed by atoms with Crippen LogP contribution in [0.2, 0.25) is 0 Å². The molecule has 8 aromatic rings. The van der Waals surface area contributed by atoms with Gasteiger partial charge in [-0.05, 0) is 64.7 Å². The summed E-state index contributed by atoms with van der Waals surface area (Å²) < 4.78 is 7.12. The third-order valence-electron chi connectivity index (χ3n) is 7.70. The third-order valence-corrected chi connectivity index (χ3v) is 8.16. The quantitative estimate of drug-likeness (QED) is 0.189. The van der Waals surface area contributed by atoms with E-state index in [4.69, 9.17) is 19.4 Å². The van der Waals surface area contributed by atoms with Crippen LogP contribution in [0.4, 0.5) is 0 Å². The molecule has 0 radical (unpaired) electrons. The first-order valence-corrected chi connectivity index (χ1v) is 15.0. The van der Waals surface area contributed by atoms with Crippen LogP contribution in [0.3, 0.4) is 0 Å². The maximum Gasteiger partial charge on any atom is 0.164 e. The van der Waals surface area contributed by atoms with E-state index >= 15 is 0 Å². The van der Waals surface area contributed by atoms with Crippen LogP contribution in [0.15, 0.2) is 149 Å². The number of aromatic nitrogens is 4. The van der Waals surface area contributed by atoms with Crippen LogP contribution in [-0.4, -0.2) is 19.9 Å². The second-order valence-electron chi connectivity index (χ2n) is 10.5. The van der Waals surface area contributed by atoms with Gasteiger partial charge in [-0.2, -0.15) is 0 Å². The topological polar surface area (TPSA) is 64.7 Å². The predicted octanol–water partition coefficient (Wildman–Crippen LogP) is 10.3. The molecule has 0 unspecified atom stereocenters. The Morgan fingerprint density at radius 1 is 0.455 bits per heavy atom. The lowest BCUT2D eigenvalue weighted by Crippen LogP contribution is -2.00. The summed E-state index contributed by atoms with van der Waals surface area (Å²) in [7, 11) is 0. The summed E-state index contributed by atoms with van der Waals surface area (Å²) in [5.74, 6) is 1.79. The molecule has 6 heteroatoms. The maximum absolute atomic E-state index is 6.18. The second-order valence-corrected chi connectivity index (χ2v) is 11.4. The number of pyridine rings is 1. The summed E-state index contributed by atoms with van der Waals surface area (Å²) >= 11 is 3.75. The zero-order chi connectivity index (χ0) is 29.5. The molecular weight excluding hydrogens is 608 g/mol. The molecule has 0 fully saturated rings. The number of benzene rings is 5. The molecule has 0 aliphatic heterocycles. The van der Waals surface area contributed by atoms with Crippen molar-refractivity contribution in [2.24, 2.45) is 0 Å². The molecule has 0 N–H and O–H groups in total. The Labute approximate surface area is 262 Å². The van der Waals surface area contributed by atoms with E-state index in [0.717, 1.165) is 65.4 Å². The monoisotopic (exact) mass is 630 g/mol. The Kier molecular flexibility index (Phi) is 6.54. The number of fused-ring (bicyclic) bond motifs is 3. The molecular formula is C38H23BrN4O. The lowest BCUT2D eigenvalue weighted by atomic mass is 9.99. The van der Waals surface area contributed by atoms with Crippen molar-refractivity contribution < 1.29 is 4.42 Å². The lowest BCUT2D eigenvalue weighted by molar-refractivity contribution is 0.669. The van der Waals surface area contributed by atoms with Gasteiger partial charge in [-0.3, -0.25) is 4.98 Å². The standard InChI is InChI=1S/C38H23BrN4O/c39-30-22-28(25-15-13-24(14-16-25)26-17-19-40-20-18-26)21-29(23-30)37-41-36(27-7-2-1-3-8-27)42-38(43-37)32-10-6-12-34-35(32)31-9-4-5-11-33(31)44-34/h1-23H. The first kappa shape index (κ1) is 26.2. The summed E-state index contributed by atoms with van der Waals surface area (Å²) in [5, 5.41) is 2.02.